The topological polar surface area (TPSA) is 100 Å². The zero-order valence-corrected chi connectivity index (χ0v) is 27.5. The number of aryl methyl sites for hydroxylation is 1. The van der Waals surface area contributed by atoms with Gasteiger partial charge in [0.25, 0.3) is 0 Å². The number of carbonyl (C=O) groups is 1. The highest BCUT2D eigenvalue weighted by Gasteiger charge is 2.28. The number of carbonyl (C=O) groups excluding carboxylic acids is 1. The quantitative estimate of drug-likeness (QED) is 0.116. The molecule has 0 bridgehead atoms. The molecule has 0 radical (unpaired) electrons. The molecule has 47 heavy (non-hydrogen) atoms. The van der Waals surface area contributed by atoms with Crippen LogP contribution in [0.5, 0.6) is 0 Å². The minimum Gasteiger partial charge on any atom is -0.618 e. The first-order valence-corrected chi connectivity index (χ1v) is 16.6. The predicted molar refractivity (Wildman–Crippen MR) is 181 cm³/mol. The first-order chi connectivity index (χ1) is 22.9. The maximum atomic E-state index is 13.9. The Morgan fingerprint density at radius 3 is 2.55 bits per heavy atom. The first kappa shape index (κ1) is 32.2. The van der Waals surface area contributed by atoms with E-state index in [4.69, 9.17) is 16.3 Å². The summed E-state index contributed by atoms with van der Waals surface area (Å²) in [6.07, 6.45) is 6.24. The van der Waals surface area contributed by atoms with Crippen molar-refractivity contribution in [3.05, 3.63) is 130 Å². The number of nitrogens with zero attached hydrogens (tertiary/aromatic N) is 6. The molecule has 0 unspecified atom stereocenters. The van der Waals surface area contributed by atoms with Crippen molar-refractivity contribution in [3.8, 4) is 16.8 Å². The monoisotopic (exact) mass is 650 g/mol. The standard InChI is InChI=1S/C37H39ClN6O3/c1-26(2)24-47-37(45)42-19-17-28(18-20-42)29-9-6-10-30(21-29)33(14-11-27-7-4-3-5-8-27)36-15-12-31(23-44(36)46)34-22-32(38)13-16-35(34)43-25-39-40-41-43/h3-10,12-13,15-16,21-23,25-26,28,33H,11,14,17-20,24H2,1-2H3/t33-/m0/s1. The van der Waals surface area contributed by atoms with Crippen molar-refractivity contribution in [3.63, 3.8) is 0 Å². The Balaban J connectivity index is 1.28. The number of pyridine rings is 1. The lowest BCUT2D eigenvalue weighted by atomic mass is 9.84. The van der Waals surface area contributed by atoms with Gasteiger partial charge < -0.3 is 14.8 Å². The van der Waals surface area contributed by atoms with Crippen molar-refractivity contribution < 1.29 is 14.3 Å². The van der Waals surface area contributed by atoms with Gasteiger partial charge in [-0.25, -0.2) is 4.79 Å². The molecular weight excluding hydrogens is 612 g/mol. The summed E-state index contributed by atoms with van der Waals surface area (Å²) in [7, 11) is 0. The van der Waals surface area contributed by atoms with Gasteiger partial charge in [-0.2, -0.15) is 9.41 Å². The molecule has 1 amide bonds. The largest absolute Gasteiger partial charge is 0.618 e. The zero-order valence-electron chi connectivity index (χ0n) is 26.7. The van der Waals surface area contributed by atoms with Crippen molar-refractivity contribution in [1.82, 2.24) is 25.1 Å². The molecule has 1 saturated heterocycles. The molecule has 2 aromatic heterocycles. The summed E-state index contributed by atoms with van der Waals surface area (Å²) in [5, 5.41) is 26.0. The van der Waals surface area contributed by atoms with Crippen LogP contribution in [0.3, 0.4) is 0 Å². The Morgan fingerprint density at radius 2 is 1.83 bits per heavy atom. The third-order valence-corrected chi connectivity index (χ3v) is 9.04. The van der Waals surface area contributed by atoms with E-state index in [2.05, 4.69) is 51.9 Å². The van der Waals surface area contributed by atoms with Gasteiger partial charge in [0.05, 0.1) is 18.2 Å². The Morgan fingerprint density at radius 1 is 1.02 bits per heavy atom. The molecule has 0 N–H and O–H groups in total. The molecule has 242 valence electrons. The number of tetrazole rings is 1. The van der Waals surface area contributed by atoms with Crippen LogP contribution in [0.15, 0.2) is 97.5 Å². The second kappa shape index (κ2) is 14.8. The molecule has 5 aromatic rings. The van der Waals surface area contributed by atoms with E-state index >= 15 is 0 Å². The van der Waals surface area contributed by atoms with E-state index in [1.807, 2.05) is 61.2 Å². The van der Waals surface area contributed by atoms with Gasteiger partial charge in [0, 0.05) is 35.3 Å². The summed E-state index contributed by atoms with van der Waals surface area (Å²) in [4.78, 5) is 14.3. The lowest BCUT2D eigenvalue weighted by molar-refractivity contribution is -0.614. The number of rotatable bonds is 10. The number of ether oxygens (including phenoxy) is 1. The van der Waals surface area contributed by atoms with Crippen LogP contribution in [0.25, 0.3) is 16.8 Å². The average molecular weight is 651 g/mol. The number of amides is 1. The summed E-state index contributed by atoms with van der Waals surface area (Å²) < 4.78 is 8.01. The van der Waals surface area contributed by atoms with Crippen molar-refractivity contribution in [1.29, 1.82) is 0 Å². The van der Waals surface area contributed by atoms with Gasteiger partial charge in [-0.15, -0.1) is 5.10 Å². The predicted octanol–water partition coefficient (Wildman–Crippen LogP) is 7.35. The second-order valence-corrected chi connectivity index (χ2v) is 13.0. The Labute approximate surface area is 280 Å². The van der Waals surface area contributed by atoms with Gasteiger partial charge in [-0.1, -0.05) is 80.0 Å². The molecule has 3 aromatic carbocycles. The number of hydrogen-bond donors (Lipinski definition) is 0. The third-order valence-electron chi connectivity index (χ3n) is 8.81. The fourth-order valence-corrected chi connectivity index (χ4v) is 6.50. The van der Waals surface area contributed by atoms with Crippen LogP contribution in [-0.2, 0) is 11.2 Å². The van der Waals surface area contributed by atoms with E-state index in [0.717, 1.165) is 47.2 Å². The van der Waals surface area contributed by atoms with Crippen LogP contribution in [-0.4, -0.2) is 50.9 Å². The highest BCUT2D eigenvalue weighted by atomic mass is 35.5. The fraction of sp³-hybridized carbons (Fsp3) is 0.324. The van der Waals surface area contributed by atoms with Crippen molar-refractivity contribution in [2.45, 2.75) is 51.4 Å². The Bertz CT molecular complexity index is 1790. The summed E-state index contributed by atoms with van der Waals surface area (Å²) in [5.41, 5.74) is 6.43. The number of likely N-dealkylation sites (tertiary alicyclic amines) is 1. The van der Waals surface area contributed by atoms with Crippen LogP contribution < -0.4 is 4.73 Å². The molecule has 0 saturated carbocycles. The number of benzene rings is 3. The molecular formula is C37H39ClN6O3. The lowest BCUT2D eigenvalue weighted by Crippen LogP contribution is -2.38. The molecule has 0 aliphatic carbocycles. The number of halogens is 1. The van der Waals surface area contributed by atoms with Crippen molar-refractivity contribution in [2.75, 3.05) is 19.7 Å². The SMILES string of the molecule is CC(C)COC(=O)N1CCC(c2cccc([C@H](CCc3ccccc3)c3ccc(-c4cc(Cl)ccc4-n4cnnn4)c[n+]3[O-])c2)CC1. The van der Waals surface area contributed by atoms with Crippen LogP contribution in [0.1, 0.15) is 67.3 Å². The average Bonchev–Trinajstić information content (AvgIpc) is 3.63. The second-order valence-electron chi connectivity index (χ2n) is 12.6. The Hall–Kier alpha value is -4.76. The summed E-state index contributed by atoms with van der Waals surface area (Å²) in [6, 6.07) is 28.3. The van der Waals surface area contributed by atoms with E-state index in [9.17, 15) is 10.0 Å². The van der Waals surface area contributed by atoms with Gasteiger partial charge in [0.15, 0.2) is 11.9 Å². The zero-order chi connectivity index (χ0) is 32.8. The highest BCUT2D eigenvalue weighted by Crippen LogP contribution is 2.35. The first-order valence-electron chi connectivity index (χ1n) is 16.2. The maximum absolute atomic E-state index is 13.9. The van der Waals surface area contributed by atoms with Crippen LogP contribution >= 0.6 is 11.6 Å². The Kier molecular flexibility index (Phi) is 10.1. The third kappa shape index (κ3) is 7.80. The maximum Gasteiger partial charge on any atom is 0.409 e. The van der Waals surface area contributed by atoms with Crippen molar-refractivity contribution in [2.24, 2.45) is 5.92 Å². The molecule has 1 aliphatic heterocycles. The number of aromatic nitrogens is 5. The van der Waals surface area contributed by atoms with E-state index in [1.165, 1.54) is 17.5 Å². The van der Waals surface area contributed by atoms with Crippen LogP contribution in [0.2, 0.25) is 5.02 Å². The van der Waals surface area contributed by atoms with E-state index in [0.29, 0.717) is 47.8 Å². The number of piperidine rings is 1. The fourth-order valence-electron chi connectivity index (χ4n) is 6.33. The van der Waals surface area contributed by atoms with Crippen LogP contribution in [0.4, 0.5) is 4.79 Å². The summed E-state index contributed by atoms with van der Waals surface area (Å²) >= 11 is 6.39. The molecule has 1 aliphatic rings. The molecule has 6 rings (SSSR count). The van der Waals surface area contributed by atoms with E-state index in [-0.39, 0.29) is 12.0 Å². The van der Waals surface area contributed by atoms with Crippen molar-refractivity contribution >= 4 is 17.7 Å². The summed E-state index contributed by atoms with van der Waals surface area (Å²) in [5.74, 6) is 0.504. The molecule has 9 nitrogen and oxygen atoms in total. The van der Waals surface area contributed by atoms with E-state index in [1.54, 1.807) is 16.9 Å². The molecule has 1 fully saturated rings. The van der Waals surface area contributed by atoms with E-state index < -0.39 is 0 Å². The number of hydrogen-bond acceptors (Lipinski definition) is 6. The molecule has 3 heterocycles. The van der Waals surface area contributed by atoms with Gasteiger partial charge in [-0.05, 0) is 88.9 Å². The minimum atomic E-state index is -0.224. The molecule has 0 spiro atoms. The smallest absolute Gasteiger partial charge is 0.409 e. The summed E-state index contributed by atoms with van der Waals surface area (Å²) in [6.45, 7) is 5.85. The van der Waals surface area contributed by atoms with Gasteiger partial charge >= 0.3 is 6.09 Å². The normalized spacial score (nSPS) is 14.3. The minimum absolute atomic E-state index is 0.133. The van der Waals surface area contributed by atoms with Gasteiger partial charge in [-0.3, -0.25) is 0 Å². The lowest BCUT2D eigenvalue weighted by Gasteiger charge is -2.32. The molecule has 1 atom stereocenters. The van der Waals surface area contributed by atoms with Gasteiger partial charge in [0.2, 0.25) is 0 Å². The van der Waals surface area contributed by atoms with Gasteiger partial charge in [0.1, 0.15) is 6.33 Å². The highest BCUT2D eigenvalue weighted by molar-refractivity contribution is 6.31. The van der Waals surface area contributed by atoms with Crippen LogP contribution in [0, 0.1) is 11.1 Å². The molecule has 10 heteroatoms.